The number of carbonyl (C=O) groups excluding carboxylic acids is 1. The van der Waals surface area contributed by atoms with Crippen molar-refractivity contribution in [1.29, 1.82) is 0 Å². The first kappa shape index (κ1) is 23.9. The molecule has 32 heavy (non-hydrogen) atoms. The molecule has 2 aromatic carbocycles. The van der Waals surface area contributed by atoms with Gasteiger partial charge in [0, 0.05) is 6.54 Å². The summed E-state index contributed by atoms with van der Waals surface area (Å²) >= 11 is 0. The molecule has 0 aromatic heterocycles. The molecule has 0 fully saturated rings. The number of ether oxygens (including phenoxy) is 2. The van der Waals surface area contributed by atoms with Crippen LogP contribution in [-0.2, 0) is 20.6 Å². The van der Waals surface area contributed by atoms with Crippen LogP contribution < -0.4 is 19.1 Å². The largest absolute Gasteiger partial charge is 0.497 e. The number of carbonyl (C=O) groups is 1. The Morgan fingerprint density at radius 2 is 1.84 bits per heavy atom. The van der Waals surface area contributed by atoms with Gasteiger partial charge in [0.25, 0.3) is 0 Å². The number of hydrogen-bond donors (Lipinski definition) is 1. The summed E-state index contributed by atoms with van der Waals surface area (Å²) in [4.78, 5) is 15.0. The summed E-state index contributed by atoms with van der Waals surface area (Å²) < 4.78 is 39.2. The third-order valence-corrected chi connectivity index (χ3v) is 6.64. The molecule has 0 radical (unpaired) electrons. The van der Waals surface area contributed by atoms with Gasteiger partial charge in [0.05, 0.1) is 29.7 Å². The fraction of sp³-hybridized carbons (Fsp3) is 0.458. The summed E-state index contributed by atoms with van der Waals surface area (Å²) in [5, 5.41) is 0. The molecular formula is C24H32N2O5S. The van der Waals surface area contributed by atoms with E-state index in [1.54, 1.807) is 54.5 Å². The summed E-state index contributed by atoms with van der Waals surface area (Å²) in [5.41, 5.74) is 0.949. The Hall–Kier alpha value is -2.74. The van der Waals surface area contributed by atoms with Gasteiger partial charge >= 0.3 is 0 Å². The molecule has 0 aliphatic carbocycles. The first-order valence-corrected chi connectivity index (χ1v) is 12.4. The van der Waals surface area contributed by atoms with E-state index in [4.69, 9.17) is 9.47 Å². The SMILES string of the molecule is COc1ccc(CS(=O)(=O)Nc2ccc3c(c2)N(CCC(C)C)C(=O)C(C)(C)CO3)cc1. The fourth-order valence-corrected chi connectivity index (χ4v) is 4.66. The summed E-state index contributed by atoms with van der Waals surface area (Å²) in [6, 6.07) is 12.0. The van der Waals surface area contributed by atoms with E-state index in [0.717, 1.165) is 6.42 Å². The highest BCUT2D eigenvalue weighted by Crippen LogP contribution is 2.38. The molecule has 0 unspecified atom stereocenters. The van der Waals surface area contributed by atoms with Gasteiger partial charge in [-0.1, -0.05) is 26.0 Å². The first-order valence-electron chi connectivity index (χ1n) is 10.7. The Morgan fingerprint density at radius 3 is 2.47 bits per heavy atom. The Bertz CT molecular complexity index is 1060. The molecule has 174 valence electrons. The van der Waals surface area contributed by atoms with Gasteiger partial charge < -0.3 is 14.4 Å². The Labute approximate surface area is 190 Å². The maximum atomic E-state index is 13.2. The highest BCUT2D eigenvalue weighted by Gasteiger charge is 2.37. The van der Waals surface area contributed by atoms with E-state index in [9.17, 15) is 13.2 Å². The van der Waals surface area contributed by atoms with Crippen LogP contribution in [0.15, 0.2) is 42.5 Å². The van der Waals surface area contributed by atoms with Crippen LogP contribution in [0.4, 0.5) is 11.4 Å². The van der Waals surface area contributed by atoms with Crippen LogP contribution in [0.25, 0.3) is 0 Å². The van der Waals surface area contributed by atoms with Crippen molar-refractivity contribution in [3.05, 3.63) is 48.0 Å². The average molecular weight is 461 g/mol. The van der Waals surface area contributed by atoms with Crippen LogP contribution in [-0.4, -0.2) is 34.6 Å². The van der Waals surface area contributed by atoms with E-state index in [1.165, 1.54) is 0 Å². The smallest absolute Gasteiger partial charge is 0.236 e. The lowest BCUT2D eigenvalue weighted by Crippen LogP contribution is -2.42. The predicted octanol–water partition coefficient (Wildman–Crippen LogP) is 4.43. The highest BCUT2D eigenvalue weighted by molar-refractivity contribution is 7.91. The predicted molar refractivity (Wildman–Crippen MR) is 127 cm³/mol. The van der Waals surface area contributed by atoms with Crippen molar-refractivity contribution < 1.29 is 22.7 Å². The molecule has 2 aromatic rings. The summed E-state index contributed by atoms with van der Waals surface area (Å²) in [7, 11) is -2.10. The number of hydrogen-bond acceptors (Lipinski definition) is 5. The number of amides is 1. The number of nitrogens with zero attached hydrogens (tertiary/aromatic N) is 1. The van der Waals surface area contributed by atoms with Gasteiger partial charge in [-0.15, -0.1) is 0 Å². The lowest BCUT2D eigenvalue weighted by Gasteiger charge is -2.28. The number of nitrogens with one attached hydrogen (secondary N) is 1. The molecule has 0 spiro atoms. The van der Waals surface area contributed by atoms with E-state index in [1.807, 2.05) is 13.8 Å². The van der Waals surface area contributed by atoms with E-state index in [0.29, 0.717) is 40.9 Å². The third-order valence-electron chi connectivity index (χ3n) is 5.38. The van der Waals surface area contributed by atoms with Gasteiger partial charge in [0.1, 0.15) is 18.1 Å². The summed E-state index contributed by atoms with van der Waals surface area (Å²) in [6.45, 7) is 8.74. The number of anilines is 2. The average Bonchev–Trinajstić information content (AvgIpc) is 2.81. The van der Waals surface area contributed by atoms with Crippen molar-refractivity contribution in [2.24, 2.45) is 11.3 Å². The molecule has 1 amide bonds. The second kappa shape index (κ2) is 9.40. The highest BCUT2D eigenvalue weighted by atomic mass is 32.2. The second-order valence-corrected chi connectivity index (χ2v) is 10.9. The molecule has 1 aliphatic rings. The van der Waals surface area contributed by atoms with Crippen molar-refractivity contribution in [3.8, 4) is 11.5 Å². The van der Waals surface area contributed by atoms with Crippen molar-refractivity contribution in [2.75, 3.05) is 29.9 Å². The van der Waals surface area contributed by atoms with Crippen LogP contribution in [0, 0.1) is 11.3 Å². The monoisotopic (exact) mass is 460 g/mol. The Morgan fingerprint density at radius 1 is 1.16 bits per heavy atom. The molecule has 7 nitrogen and oxygen atoms in total. The Balaban J connectivity index is 1.86. The maximum Gasteiger partial charge on any atom is 0.236 e. The molecule has 0 saturated carbocycles. The van der Waals surface area contributed by atoms with E-state index < -0.39 is 15.4 Å². The van der Waals surface area contributed by atoms with Crippen LogP contribution in [0.1, 0.15) is 39.7 Å². The number of sulfonamides is 1. The summed E-state index contributed by atoms with van der Waals surface area (Å²) in [6.07, 6.45) is 0.828. The van der Waals surface area contributed by atoms with Gasteiger partial charge in [0.2, 0.25) is 15.9 Å². The molecule has 8 heteroatoms. The van der Waals surface area contributed by atoms with Crippen LogP contribution in [0.3, 0.4) is 0 Å². The van der Waals surface area contributed by atoms with Gasteiger partial charge in [-0.25, -0.2) is 8.42 Å². The van der Waals surface area contributed by atoms with E-state index >= 15 is 0 Å². The fourth-order valence-electron chi connectivity index (χ4n) is 3.47. The molecule has 0 bridgehead atoms. The van der Waals surface area contributed by atoms with Crippen LogP contribution >= 0.6 is 0 Å². The van der Waals surface area contributed by atoms with Crippen molar-refractivity contribution in [3.63, 3.8) is 0 Å². The van der Waals surface area contributed by atoms with Gasteiger partial charge in [-0.2, -0.15) is 0 Å². The van der Waals surface area contributed by atoms with Gasteiger partial charge in [-0.3, -0.25) is 9.52 Å². The Kier molecular flexibility index (Phi) is 7.03. The zero-order valence-corrected chi connectivity index (χ0v) is 20.2. The van der Waals surface area contributed by atoms with Gasteiger partial charge in [0.15, 0.2) is 0 Å². The lowest BCUT2D eigenvalue weighted by molar-refractivity contribution is -0.127. The maximum absolute atomic E-state index is 13.2. The molecule has 0 saturated heterocycles. The number of methoxy groups -OCH3 is 1. The minimum Gasteiger partial charge on any atom is -0.497 e. The number of fused-ring (bicyclic) bond motifs is 1. The normalized spacial score (nSPS) is 15.7. The molecule has 3 rings (SSSR count). The van der Waals surface area contributed by atoms with Crippen LogP contribution in [0.2, 0.25) is 0 Å². The minimum atomic E-state index is -3.66. The van der Waals surface area contributed by atoms with Crippen LogP contribution in [0.5, 0.6) is 11.5 Å². The third kappa shape index (κ3) is 5.73. The molecule has 0 atom stereocenters. The molecule has 1 aliphatic heterocycles. The molecule has 1 heterocycles. The number of rotatable bonds is 8. The quantitative estimate of drug-likeness (QED) is 0.630. The zero-order valence-electron chi connectivity index (χ0n) is 19.3. The zero-order chi connectivity index (χ0) is 23.5. The van der Waals surface area contributed by atoms with E-state index in [-0.39, 0.29) is 18.3 Å². The standard InChI is InChI=1S/C24H32N2O5S/c1-17(2)12-13-26-21-14-19(8-11-22(21)31-16-24(3,4)23(26)27)25-32(28,29)15-18-6-9-20(30-5)10-7-18/h6-11,14,17,25H,12-13,15-16H2,1-5H3. The van der Waals surface area contributed by atoms with Gasteiger partial charge in [-0.05, 0) is 62.1 Å². The van der Waals surface area contributed by atoms with Crippen molar-refractivity contribution in [2.45, 2.75) is 39.9 Å². The van der Waals surface area contributed by atoms with Crippen molar-refractivity contribution >= 4 is 27.3 Å². The first-order chi connectivity index (χ1) is 15.0. The summed E-state index contributed by atoms with van der Waals surface area (Å²) in [5.74, 6) is 1.46. The molecule has 1 N–H and O–H groups in total. The second-order valence-electron chi connectivity index (χ2n) is 9.20. The molecular weight excluding hydrogens is 428 g/mol. The van der Waals surface area contributed by atoms with Crippen molar-refractivity contribution in [1.82, 2.24) is 0 Å². The van der Waals surface area contributed by atoms with E-state index in [2.05, 4.69) is 18.6 Å². The topological polar surface area (TPSA) is 84.9 Å². The number of benzene rings is 2. The lowest BCUT2D eigenvalue weighted by atomic mass is 9.92. The minimum absolute atomic E-state index is 0.0323.